The highest BCUT2D eigenvalue weighted by Crippen LogP contribution is 2.40. The molecule has 25 heavy (non-hydrogen) atoms. The van der Waals surface area contributed by atoms with E-state index in [0.29, 0.717) is 22.2 Å². The molecule has 6 nitrogen and oxygen atoms in total. The fourth-order valence-electron chi connectivity index (χ4n) is 3.42. The molecule has 3 heterocycles. The van der Waals surface area contributed by atoms with Gasteiger partial charge in [0.15, 0.2) is 5.43 Å². The van der Waals surface area contributed by atoms with Gasteiger partial charge in [0.25, 0.3) is 0 Å². The van der Waals surface area contributed by atoms with Crippen LogP contribution >= 0.6 is 11.7 Å². The predicted molar refractivity (Wildman–Crippen MR) is 95.0 cm³/mol. The molecule has 2 aromatic heterocycles. The van der Waals surface area contributed by atoms with Crippen LogP contribution in [0.2, 0.25) is 0 Å². The normalized spacial score (nSPS) is 16.8. The van der Waals surface area contributed by atoms with Gasteiger partial charge < -0.3 is 9.73 Å². The molecule has 122 valence electrons. The Hall–Kier alpha value is -3.06. The van der Waals surface area contributed by atoms with Crippen LogP contribution in [0.1, 0.15) is 23.5 Å². The lowest BCUT2D eigenvalue weighted by Crippen LogP contribution is -2.26. The maximum atomic E-state index is 13.0. The Balaban J connectivity index is 1.81. The molecule has 1 aliphatic heterocycles. The third-order valence-corrected chi connectivity index (χ3v) is 5.10. The molecular weight excluding hydrogens is 338 g/mol. The lowest BCUT2D eigenvalue weighted by atomic mass is 9.84. The van der Waals surface area contributed by atoms with Gasteiger partial charge in [0.2, 0.25) is 5.91 Å². The zero-order valence-corrected chi connectivity index (χ0v) is 13.7. The van der Waals surface area contributed by atoms with Crippen molar-refractivity contribution in [1.29, 1.82) is 0 Å². The van der Waals surface area contributed by atoms with Crippen molar-refractivity contribution in [2.45, 2.75) is 12.3 Å². The van der Waals surface area contributed by atoms with Crippen LogP contribution in [-0.2, 0) is 4.79 Å². The minimum atomic E-state index is -0.405. The molecule has 5 rings (SSSR count). The number of nitrogens with zero attached hydrogens (tertiary/aromatic N) is 2. The van der Waals surface area contributed by atoms with Gasteiger partial charge in [-0.2, -0.15) is 8.75 Å². The fourth-order valence-corrected chi connectivity index (χ4v) is 3.97. The molecule has 0 saturated heterocycles. The van der Waals surface area contributed by atoms with Crippen LogP contribution < -0.4 is 10.7 Å². The number of rotatable bonds is 1. The summed E-state index contributed by atoms with van der Waals surface area (Å²) in [6.07, 6.45) is 1.64. The molecule has 7 heteroatoms. The highest BCUT2D eigenvalue weighted by Gasteiger charge is 2.32. The molecule has 0 unspecified atom stereocenters. The highest BCUT2D eigenvalue weighted by atomic mass is 32.1. The average molecular weight is 349 g/mol. The molecular formula is C18H11N3O3S. The summed E-state index contributed by atoms with van der Waals surface area (Å²) in [4.78, 5) is 25.2. The molecule has 1 atom stereocenters. The first kappa shape index (κ1) is 14.3. The Labute approximate surface area is 145 Å². The number of nitrogens with one attached hydrogen (secondary N) is 1. The lowest BCUT2D eigenvalue weighted by Gasteiger charge is -2.25. The smallest absolute Gasteiger partial charge is 0.225 e. The van der Waals surface area contributed by atoms with Crippen molar-refractivity contribution in [3.05, 3.63) is 64.0 Å². The standard InChI is InChI=1S/C18H11N3O3S/c22-15-7-10(11-8-24-14-4-2-1-3-9(14)18(11)23)16-12(19-15)5-6-13-17(16)21-25-20-13/h1-6,8,10H,7H2,(H,19,22)/t10-/m1/s1. The van der Waals surface area contributed by atoms with Crippen LogP contribution in [-0.4, -0.2) is 14.7 Å². The van der Waals surface area contributed by atoms with Crippen LogP contribution in [0.15, 0.2) is 51.9 Å². The number of fused-ring (bicyclic) bond motifs is 4. The molecule has 1 N–H and O–H groups in total. The number of amides is 1. The molecule has 0 radical (unpaired) electrons. The van der Waals surface area contributed by atoms with Crippen molar-refractivity contribution in [2.24, 2.45) is 0 Å². The summed E-state index contributed by atoms with van der Waals surface area (Å²) < 4.78 is 14.3. The van der Waals surface area contributed by atoms with Crippen molar-refractivity contribution in [2.75, 3.05) is 5.32 Å². The van der Waals surface area contributed by atoms with Gasteiger partial charge in [-0.3, -0.25) is 9.59 Å². The Morgan fingerprint density at radius 3 is 2.92 bits per heavy atom. The number of para-hydroxylation sites is 1. The van der Waals surface area contributed by atoms with Crippen molar-refractivity contribution >= 4 is 45.3 Å². The summed E-state index contributed by atoms with van der Waals surface area (Å²) in [5.41, 5.74) is 3.87. The molecule has 0 spiro atoms. The zero-order chi connectivity index (χ0) is 17.0. The first-order valence-corrected chi connectivity index (χ1v) is 8.51. The van der Waals surface area contributed by atoms with E-state index in [9.17, 15) is 9.59 Å². The summed E-state index contributed by atoms with van der Waals surface area (Å²) in [6, 6.07) is 10.7. The number of carbonyl (C=O) groups excluding carboxylic acids is 1. The van der Waals surface area contributed by atoms with Gasteiger partial charge in [0.05, 0.1) is 23.4 Å². The van der Waals surface area contributed by atoms with Crippen molar-refractivity contribution in [3.8, 4) is 0 Å². The van der Waals surface area contributed by atoms with Crippen LogP contribution in [0, 0.1) is 0 Å². The minimum absolute atomic E-state index is 0.118. The van der Waals surface area contributed by atoms with Gasteiger partial charge in [-0.1, -0.05) is 12.1 Å². The SMILES string of the molecule is O=C1C[C@H](c2coc3ccccc3c2=O)c2c(ccc3nsnc23)N1. The summed E-state index contributed by atoms with van der Waals surface area (Å²) in [6.45, 7) is 0. The Kier molecular flexibility index (Phi) is 2.98. The number of hydrogen-bond acceptors (Lipinski definition) is 6. The largest absolute Gasteiger partial charge is 0.464 e. The average Bonchev–Trinajstić information content (AvgIpc) is 3.10. The lowest BCUT2D eigenvalue weighted by molar-refractivity contribution is -0.116. The molecule has 1 amide bonds. The van der Waals surface area contributed by atoms with E-state index in [1.54, 1.807) is 18.2 Å². The van der Waals surface area contributed by atoms with Crippen LogP contribution in [0.5, 0.6) is 0 Å². The predicted octanol–water partition coefficient (Wildman–Crippen LogP) is 3.27. The van der Waals surface area contributed by atoms with Crippen molar-refractivity contribution in [1.82, 2.24) is 8.75 Å². The quantitative estimate of drug-likeness (QED) is 0.570. The second kappa shape index (κ2) is 5.22. The minimum Gasteiger partial charge on any atom is -0.464 e. The van der Waals surface area contributed by atoms with E-state index in [0.717, 1.165) is 28.3 Å². The van der Waals surface area contributed by atoms with E-state index in [-0.39, 0.29) is 17.8 Å². The first-order valence-electron chi connectivity index (χ1n) is 7.78. The summed E-state index contributed by atoms with van der Waals surface area (Å²) in [7, 11) is 0. The molecule has 0 aliphatic carbocycles. The molecule has 2 aromatic carbocycles. The summed E-state index contributed by atoms with van der Waals surface area (Å²) >= 11 is 1.12. The van der Waals surface area contributed by atoms with E-state index in [4.69, 9.17) is 4.42 Å². The monoisotopic (exact) mass is 349 g/mol. The van der Waals surface area contributed by atoms with Gasteiger partial charge in [-0.05, 0) is 24.3 Å². The van der Waals surface area contributed by atoms with E-state index in [1.165, 1.54) is 6.26 Å². The number of hydrogen-bond donors (Lipinski definition) is 1. The van der Waals surface area contributed by atoms with Crippen LogP contribution in [0.25, 0.3) is 22.0 Å². The highest BCUT2D eigenvalue weighted by molar-refractivity contribution is 7.00. The van der Waals surface area contributed by atoms with Crippen molar-refractivity contribution < 1.29 is 9.21 Å². The second-order valence-corrected chi connectivity index (χ2v) is 6.51. The van der Waals surface area contributed by atoms with E-state index in [2.05, 4.69) is 14.1 Å². The van der Waals surface area contributed by atoms with Gasteiger partial charge in [0, 0.05) is 29.2 Å². The zero-order valence-electron chi connectivity index (χ0n) is 12.9. The number of anilines is 1. The fraction of sp³-hybridized carbons (Fsp3) is 0.111. The molecule has 0 fully saturated rings. The summed E-state index contributed by atoms with van der Waals surface area (Å²) in [5, 5.41) is 3.37. The number of carbonyl (C=O) groups is 1. The number of aromatic nitrogens is 2. The van der Waals surface area contributed by atoms with E-state index in [1.807, 2.05) is 18.2 Å². The Morgan fingerprint density at radius 2 is 2.00 bits per heavy atom. The maximum absolute atomic E-state index is 13.0. The number of benzene rings is 2. The Morgan fingerprint density at radius 1 is 1.12 bits per heavy atom. The first-order chi connectivity index (χ1) is 12.2. The van der Waals surface area contributed by atoms with Gasteiger partial charge in [-0.25, -0.2) is 0 Å². The maximum Gasteiger partial charge on any atom is 0.225 e. The van der Waals surface area contributed by atoms with E-state index >= 15 is 0 Å². The van der Waals surface area contributed by atoms with Crippen LogP contribution in [0.4, 0.5) is 5.69 Å². The van der Waals surface area contributed by atoms with Crippen molar-refractivity contribution in [3.63, 3.8) is 0 Å². The molecule has 4 aromatic rings. The molecule has 0 saturated carbocycles. The van der Waals surface area contributed by atoms with Gasteiger partial charge in [0.1, 0.15) is 16.6 Å². The van der Waals surface area contributed by atoms with Gasteiger partial charge in [-0.15, -0.1) is 0 Å². The topological polar surface area (TPSA) is 85.1 Å². The van der Waals surface area contributed by atoms with Gasteiger partial charge >= 0.3 is 0 Å². The third-order valence-electron chi connectivity index (χ3n) is 4.56. The third kappa shape index (κ3) is 2.09. The Bertz CT molecular complexity index is 1210. The molecule has 1 aliphatic rings. The summed E-state index contributed by atoms with van der Waals surface area (Å²) in [5.74, 6) is -0.537. The second-order valence-electron chi connectivity index (χ2n) is 5.98. The van der Waals surface area contributed by atoms with E-state index < -0.39 is 5.92 Å². The van der Waals surface area contributed by atoms with Crippen LogP contribution in [0.3, 0.4) is 0 Å². The molecule has 0 bridgehead atoms.